The third-order valence-corrected chi connectivity index (χ3v) is 3.73. The van der Waals surface area contributed by atoms with Crippen molar-refractivity contribution in [2.45, 2.75) is 31.4 Å². The van der Waals surface area contributed by atoms with Crippen LogP contribution < -0.4 is 5.32 Å². The number of alkyl halides is 2. The Morgan fingerprint density at radius 1 is 1.43 bits per heavy atom. The van der Waals surface area contributed by atoms with E-state index in [1.54, 1.807) is 0 Å². The van der Waals surface area contributed by atoms with Crippen LogP contribution in [0.15, 0.2) is 12.5 Å². The van der Waals surface area contributed by atoms with Crippen LogP contribution in [0.3, 0.4) is 0 Å². The van der Waals surface area contributed by atoms with Crippen molar-refractivity contribution in [1.29, 1.82) is 0 Å². The minimum absolute atomic E-state index is 0.0527. The number of halogens is 2. The number of fused-ring (bicyclic) bond motifs is 1. The van der Waals surface area contributed by atoms with Crippen molar-refractivity contribution < 1.29 is 18.7 Å². The maximum Gasteiger partial charge on any atom is 0.241 e. The SMILES string of the molecule is O=Cn1ncc2c(N[C@@H]3C[C@@H](C(F)F)C[C@H]3O)ncnc21. The van der Waals surface area contributed by atoms with Crippen molar-refractivity contribution in [2.75, 3.05) is 5.32 Å². The van der Waals surface area contributed by atoms with E-state index in [4.69, 9.17) is 0 Å². The molecular formula is C12H13F2N5O2. The Bertz CT molecular complexity index is 662. The van der Waals surface area contributed by atoms with E-state index in [2.05, 4.69) is 20.4 Å². The molecule has 0 bridgehead atoms. The van der Waals surface area contributed by atoms with Crippen molar-refractivity contribution in [3.63, 3.8) is 0 Å². The van der Waals surface area contributed by atoms with Crippen LogP contribution >= 0.6 is 0 Å². The molecule has 9 heteroatoms. The molecule has 7 nitrogen and oxygen atoms in total. The minimum atomic E-state index is -2.45. The quantitative estimate of drug-likeness (QED) is 0.806. The first kappa shape index (κ1) is 13.8. The molecule has 2 N–H and O–H groups in total. The predicted octanol–water partition coefficient (Wildman–Crippen LogP) is 0.681. The van der Waals surface area contributed by atoms with Crippen molar-refractivity contribution in [1.82, 2.24) is 19.7 Å². The van der Waals surface area contributed by atoms with Gasteiger partial charge in [0.25, 0.3) is 0 Å². The van der Waals surface area contributed by atoms with Crippen LogP contribution in [-0.4, -0.2) is 49.8 Å². The number of aliphatic hydroxyl groups is 1. The molecular weight excluding hydrogens is 284 g/mol. The van der Waals surface area contributed by atoms with Gasteiger partial charge in [0.05, 0.1) is 23.7 Å². The molecule has 0 aliphatic heterocycles. The standard InChI is InChI=1S/C12H13F2N5O2/c13-10(14)6-1-8(9(21)2-6)18-11-7-3-17-19(5-20)12(7)16-4-15-11/h3-6,8-10,21H,1-2H2,(H,15,16,18)/t6-,8-,9-/m1/s1. The number of hydrogen-bond donors (Lipinski definition) is 2. The molecule has 0 unspecified atom stereocenters. The Morgan fingerprint density at radius 3 is 2.90 bits per heavy atom. The lowest BCUT2D eigenvalue weighted by molar-refractivity contribution is 0.0702. The molecule has 1 saturated carbocycles. The van der Waals surface area contributed by atoms with Crippen molar-refractivity contribution in [2.24, 2.45) is 5.92 Å². The summed E-state index contributed by atoms with van der Waals surface area (Å²) in [6.07, 6.45) is 0.0699. The lowest BCUT2D eigenvalue weighted by Crippen LogP contribution is -2.28. The van der Waals surface area contributed by atoms with Gasteiger partial charge >= 0.3 is 0 Å². The number of aromatic nitrogens is 4. The second kappa shape index (κ2) is 5.32. The molecule has 1 aliphatic rings. The van der Waals surface area contributed by atoms with Crippen LogP contribution in [0.25, 0.3) is 11.0 Å². The van der Waals surface area contributed by atoms with Gasteiger partial charge in [-0.25, -0.2) is 18.7 Å². The number of carbonyl (C=O) groups excluding carboxylic acids is 1. The first-order chi connectivity index (χ1) is 10.1. The van der Waals surface area contributed by atoms with Gasteiger partial charge in [-0.1, -0.05) is 0 Å². The van der Waals surface area contributed by atoms with E-state index in [-0.39, 0.29) is 12.8 Å². The molecule has 0 amide bonds. The number of hydrogen-bond acceptors (Lipinski definition) is 6. The van der Waals surface area contributed by atoms with Gasteiger partial charge in [-0.05, 0) is 12.8 Å². The zero-order valence-corrected chi connectivity index (χ0v) is 10.9. The highest BCUT2D eigenvalue weighted by Crippen LogP contribution is 2.33. The summed E-state index contributed by atoms with van der Waals surface area (Å²) >= 11 is 0. The lowest BCUT2D eigenvalue weighted by Gasteiger charge is -2.17. The minimum Gasteiger partial charge on any atom is -0.391 e. The Labute approximate surface area is 118 Å². The lowest BCUT2D eigenvalue weighted by atomic mass is 10.1. The van der Waals surface area contributed by atoms with Crippen LogP contribution in [-0.2, 0) is 4.79 Å². The first-order valence-electron chi connectivity index (χ1n) is 6.46. The summed E-state index contributed by atoms with van der Waals surface area (Å²) in [7, 11) is 0. The Morgan fingerprint density at radius 2 is 2.24 bits per heavy atom. The summed E-state index contributed by atoms with van der Waals surface area (Å²) in [6, 6.07) is -0.512. The Balaban J connectivity index is 1.85. The molecule has 3 atom stereocenters. The van der Waals surface area contributed by atoms with Crippen LogP contribution in [0.1, 0.15) is 12.8 Å². The van der Waals surface area contributed by atoms with Crippen LogP contribution in [0.5, 0.6) is 0 Å². The van der Waals surface area contributed by atoms with Gasteiger partial charge in [0.2, 0.25) is 12.8 Å². The third-order valence-electron chi connectivity index (χ3n) is 3.73. The molecule has 0 spiro atoms. The zero-order chi connectivity index (χ0) is 15.0. The summed E-state index contributed by atoms with van der Waals surface area (Å²) < 4.78 is 26.5. The smallest absolute Gasteiger partial charge is 0.241 e. The summed E-state index contributed by atoms with van der Waals surface area (Å²) in [6.45, 7) is 0. The molecule has 0 radical (unpaired) electrons. The highest BCUT2D eigenvalue weighted by atomic mass is 19.3. The van der Waals surface area contributed by atoms with E-state index in [0.717, 1.165) is 4.68 Å². The monoisotopic (exact) mass is 297 g/mol. The largest absolute Gasteiger partial charge is 0.391 e. The highest BCUT2D eigenvalue weighted by Gasteiger charge is 2.38. The molecule has 2 heterocycles. The average molecular weight is 297 g/mol. The maximum atomic E-state index is 12.7. The topological polar surface area (TPSA) is 92.9 Å². The fourth-order valence-corrected chi connectivity index (χ4v) is 2.64. The highest BCUT2D eigenvalue weighted by molar-refractivity contribution is 5.89. The molecule has 0 saturated heterocycles. The number of nitrogens with zero attached hydrogens (tertiary/aromatic N) is 4. The molecule has 21 heavy (non-hydrogen) atoms. The molecule has 1 aliphatic carbocycles. The van der Waals surface area contributed by atoms with Gasteiger partial charge in [-0.2, -0.15) is 9.78 Å². The van der Waals surface area contributed by atoms with E-state index in [1.165, 1.54) is 12.5 Å². The number of aliphatic hydroxyl groups excluding tert-OH is 1. The van der Waals surface area contributed by atoms with Gasteiger partial charge in [0.1, 0.15) is 12.1 Å². The third kappa shape index (κ3) is 2.44. The number of carbonyl (C=O) groups is 1. The summed E-state index contributed by atoms with van der Waals surface area (Å²) in [4.78, 5) is 18.8. The fourth-order valence-electron chi connectivity index (χ4n) is 2.64. The number of nitrogens with one attached hydrogen (secondary N) is 1. The normalized spacial score (nSPS) is 25.6. The molecule has 2 aromatic rings. The molecule has 1 fully saturated rings. The molecule has 3 rings (SSSR count). The van der Waals surface area contributed by atoms with E-state index in [1.807, 2.05) is 0 Å². The van der Waals surface area contributed by atoms with Crippen LogP contribution in [0, 0.1) is 5.92 Å². The van der Waals surface area contributed by atoms with E-state index in [9.17, 15) is 18.7 Å². The zero-order valence-electron chi connectivity index (χ0n) is 10.9. The van der Waals surface area contributed by atoms with Crippen molar-refractivity contribution in [3.8, 4) is 0 Å². The number of anilines is 1. The predicted molar refractivity (Wildman–Crippen MR) is 69.6 cm³/mol. The van der Waals surface area contributed by atoms with E-state index in [0.29, 0.717) is 23.3 Å². The van der Waals surface area contributed by atoms with Gasteiger partial charge in [-0.3, -0.25) is 4.79 Å². The summed E-state index contributed by atoms with van der Waals surface area (Å²) in [5.41, 5.74) is 0.320. The second-order valence-electron chi connectivity index (χ2n) is 5.04. The molecule has 0 aromatic carbocycles. The average Bonchev–Trinajstić information content (AvgIpc) is 3.04. The van der Waals surface area contributed by atoms with Gasteiger partial charge in [-0.15, -0.1) is 0 Å². The second-order valence-corrected chi connectivity index (χ2v) is 5.04. The van der Waals surface area contributed by atoms with Crippen LogP contribution in [0.2, 0.25) is 0 Å². The first-order valence-corrected chi connectivity index (χ1v) is 6.46. The molecule has 2 aromatic heterocycles. The van der Waals surface area contributed by atoms with E-state index >= 15 is 0 Å². The van der Waals surface area contributed by atoms with Crippen molar-refractivity contribution >= 4 is 23.3 Å². The summed E-state index contributed by atoms with van der Waals surface area (Å²) in [5, 5.41) is 17.2. The van der Waals surface area contributed by atoms with Crippen molar-refractivity contribution in [3.05, 3.63) is 12.5 Å². The summed E-state index contributed by atoms with van der Waals surface area (Å²) in [5.74, 6) is -0.459. The van der Waals surface area contributed by atoms with Gasteiger partial charge in [0, 0.05) is 5.92 Å². The Kier molecular flexibility index (Phi) is 3.50. The fraction of sp³-hybridized carbons (Fsp3) is 0.500. The van der Waals surface area contributed by atoms with Crippen LogP contribution in [0.4, 0.5) is 14.6 Å². The number of rotatable bonds is 4. The maximum absolute atomic E-state index is 12.7. The van der Waals surface area contributed by atoms with E-state index < -0.39 is 24.5 Å². The Hall–Kier alpha value is -2.16. The molecule has 112 valence electrons. The van der Waals surface area contributed by atoms with Gasteiger partial charge < -0.3 is 10.4 Å². The van der Waals surface area contributed by atoms with Gasteiger partial charge in [0.15, 0.2) is 5.65 Å².